The summed E-state index contributed by atoms with van der Waals surface area (Å²) >= 11 is 0. The number of carboxylic acids is 2. The van der Waals surface area contributed by atoms with Gasteiger partial charge in [0.25, 0.3) is 0 Å². The second-order valence-corrected chi connectivity index (χ2v) is 12.4. The van der Waals surface area contributed by atoms with E-state index < -0.39 is 48.2 Å². The fourth-order valence-corrected chi connectivity index (χ4v) is 5.56. The summed E-state index contributed by atoms with van der Waals surface area (Å²) in [5.41, 5.74) is 5.52. The van der Waals surface area contributed by atoms with Gasteiger partial charge in [0.2, 0.25) is 17.7 Å². The van der Waals surface area contributed by atoms with Crippen LogP contribution >= 0.6 is 0 Å². The zero-order valence-electron chi connectivity index (χ0n) is 30.5. The van der Waals surface area contributed by atoms with Crippen LogP contribution in [-0.2, 0) is 24.0 Å². The Bertz CT molecular complexity index is 801. The van der Waals surface area contributed by atoms with Crippen LogP contribution in [0, 0.1) is 0 Å². The van der Waals surface area contributed by atoms with E-state index in [1.165, 1.54) is 51.4 Å². The summed E-state index contributed by atoms with van der Waals surface area (Å²) in [4.78, 5) is 64.8. The van der Waals surface area contributed by atoms with E-state index in [-0.39, 0.29) is 56.7 Å². The molecule has 0 unspecified atom stereocenters. The molecular weight excluding hydrogens is 597 g/mol. The summed E-state index contributed by atoms with van der Waals surface area (Å²) in [5, 5.41) is 21.5. The van der Waals surface area contributed by atoms with Crippen molar-refractivity contribution in [3.8, 4) is 0 Å². The standard InChI is InChI=1S/C35H65N3O7.Na.H/c1-3-5-7-9-11-13-15-17-19-24-31(39)38(32(40)25-20-18-16-14-12-10-8-6-4-2)30(26-27-33(41)42)34(43)37-29(35(44)45)23-21-22-28-36;;/h29-30H,3-28,36H2,1-2H3,(H,37,43)(H,41,42)(H,44,45);;/q;+1;-1/t29-,30-;;/m0../s1. The maximum atomic E-state index is 13.5. The van der Waals surface area contributed by atoms with Gasteiger partial charge in [-0.15, -0.1) is 0 Å². The molecule has 0 aromatic heterocycles. The Morgan fingerprint density at radius 3 is 1.39 bits per heavy atom. The fraction of sp³-hybridized carbons (Fsp3) is 0.857. The number of nitrogens with one attached hydrogen (secondary N) is 1. The van der Waals surface area contributed by atoms with Crippen LogP contribution in [0.1, 0.15) is 176 Å². The van der Waals surface area contributed by atoms with Gasteiger partial charge >= 0.3 is 41.5 Å². The van der Waals surface area contributed by atoms with Crippen molar-refractivity contribution in [1.29, 1.82) is 0 Å². The number of carbonyl (C=O) groups is 5. The van der Waals surface area contributed by atoms with E-state index in [0.29, 0.717) is 32.2 Å². The van der Waals surface area contributed by atoms with E-state index in [0.717, 1.165) is 56.3 Å². The molecule has 0 rings (SSSR count). The zero-order chi connectivity index (χ0) is 33.7. The number of carbonyl (C=O) groups excluding carboxylic acids is 3. The molecule has 46 heavy (non-hydrogen) atoms. The average molecular weight is 664 g/mol. The summed E-state index contributed by atoms with van der Waals surface area (Å²) in [6.45, 7) is 4.76. The molecule has 0 aromatic rings. The van der Waals surface area contributed by atoms with Crippen molar-refractivity contribution in [2.24, 2.45) is 5.73 Å². The number of rotatable bonds is 31. The monoisotopic (exact) mass is 663 g/mol. The number of amides is 3. The van der Waals surface area contributed by atoms with Gasteiger partial charge in [-0.2, -0.15) is 0 Å². The molecule has 0 fully saturated rings. The van der Waals surface area contributed by atoms with Crippen molar-refractivity contribution in [2.45, 2.75) is 186 Å². The number of nitrogens with two attached hydrogens (primary N) is 1. The minimum absolute atomic E-state index is 0. The third-order valence-electron chi connectivity index (χ3n) is 8.33. The molecule has 3 amide bonds. The summed E-state index contributed by atoms with van der Waals surface area (Å²) in [6.07, 6.45) is 19.7. The first-order valence-electron chi connectivity index (χ1n) is 18.0. The van der Waals surface area contributed by atoms with E-state index in [2.05, 4.69) is 19.2 Å². The fourth-order valence-electron chi connectivity index (χ4n) is 5.56. The van der Waals surface area contributed by atoms with Crippen LogP contribution in [-0.4, -0.2) is 63.4 Å². The second kappa shape index (κ2) is 32.1. The predicted molar refractivity (Wildman–Crippen MR) is 180 cm³/mol. The Balaban J connectivity index is -0.00000968. The van der Waals surface area contributed by atoms with Gasteiger partial charge in [-0.05, 0) is 45.1 Å². The SMILES string of the molecule is CCCCCCCCCCCC(=O)N(C(=O)CCCCCCCCCCC)[C@@H](CCC(=O)O)C(=O)N[C@@H](CCCCN)C(=O)O.[H-].[Na+]. The smallest absolute Gasteiger partial charge is 1.00 e. The van der Waals surface area contributed by atoms with E-state index >= 15 is 0 Å². The summed E-state index contributed by atoms with van der Waals surface area (Å²) in [5.74, 6) is -4.20. The summed E-state index contributed by atoms with van der Waals surface area (Å²) < 4.78 is 0. The molecule has 0 aliphatic carbocycles. The molecule has 0 aromatic carbocycles. The van der Waals surface area contributed by atoms with E-state index in [1.807, 2.05) is 0 Å². The molecule has 0 bridgehead atoms. The largest absolute Gasteiger partial charge is 1.00 e. The zero-order valence-corrected chi connectivity index (χ0v) is 31.5. The molecule has 5 N–H and O–H groups in total. The Kier molecular flexibility index (Phi) is 32.5. The van der Waals surface area contributed by atoms with Crippen molar-refractivity contribution >= 4 is 29.7 Å². The molecule has 0 saturated heterocycles. The van der Waals surface area contributed by atoms with Gasteiger partial charge in [-0.1, -0.05) is 117 Å². The first kappa shape index (κ1) is 46.6. The number of aliphatic carboxylic acids is 2. The number of unbranched alkanes of at least 4 members (excludes halogenated alkanes) is 17. The van der Waals surface area contributed by atoms with Gasteiger partial charge in [0, 0.05) is 19.3 Å². The number of hydrogen-bond donors (Lipinski definition) is 4. The van der Waals surface area contributed by atoms with Crippen LogP contribution in [0.2, 0.25) is 0 Å². The quantitative estimate of drug-likeness (QED) is 0.0632. The maximum absolute atomic E-state index is 13.5. The van der Waals surface area contributed by atoms with Crippen LogP contribution in [0.3, 0.4) is 0 Å². The topological polar surface area (TPSA) is 167 Å². The molecule has 0 spiro atoms. The van der Waals surface area contributed by atoms with E-state index in [4.69, 9.17) is 5.73 Å². The Morgan fingerprint density at radius 1 is 0.609 bits per heavy atom. The van der Waals surface area contributed by atoms with Crippen LogP contribution < -0.4 is 40.6 Å². The second-order valence-electron chi connectivity index (χ2n) is 12.4. The van der Waals surface area contributed by atoms with Gasteiger partial charge < -0.3 is 22.7 Å². The average Bonchev–Trinajstić information content (AvgIpc) is 3.00. The number of imide groups is 1. The minimum atomic E-state index is -1.38. The Morgan fingerprint density at radius 2 is 1.02 bits per heavy atom. The van der Waals surface area contributed by atoms with E-state index in [1.54, 1.807) is 0 Å². The summed E-state index contributed by atoms with van der Waals surface area (Å²) in [6, 6.07) is -2.60. The normalized spacial score (nSPS) is 12.2. The van der Waals surface area contributed by atoms with Crippen LogP contribution in [0.4, 0.5) is 0 Å². The number of hydrogen-bond acceptors (Lipinski definition) is 6. The maximum Gasteiger partial charge on any atom is 1.00 e. The third kappa shape index (κ3) is 24.7. The Labute approximate surface area is 302 Å². The third-order valence-corrected chi connectivity index (χ3v) is 8.33. The molecule has 0 aliphatic rings. The van der Waals surface area contributed by atoms with Gasteiger partial charge in [0.15, 0.2) is 0 Å². The van der Waals surface area contributed by atoms with Crippen molar-refractivity contribution in [3.63, 3.8) is 0 Å². The molecule has 10 nitrogen and oxygen atoms in total. The van der Waals surface area contributed by atoms with Gasteiger partial charge in [0.1, 0.15) is 12.1 Å². The van der Waals surface area contributed by atoms with Crippen LogP contribution in [0.25, 0.3) is 0 Å². The molecule has 264 valence electrons. The van der Waals surface area contributed by atoms with Crippen LogP contribution in [0.5, 0.6) is 0 Å². The van der Waals surface area contributed by atoms with Gasteiger partial charge in [-0.3, -0.25) is 24.1 Å². The van der Waals surface area contributed by atoms with E-state index in [9.17, 15) is 34.2 Å². The molecule has 0 radical (unpaired) electrons. The van der Waals surface area contributed by atoms with Crippen molar-refractivity contribution in [1.82, 2.24) is 10.2 Å². The molecule has 0 heterocycles. The first-order valence-corrected chi connectivity index (χ1v) is 18.0. The molecule has 2 atom stereocenters. The molecular formula is C35H66N3NaO7. The minimum Gasteiger partial charge on any atom is -1.00 e. The predicted octanol–water partition coefficient (Wildman–Crippen LogP) is 4.23. The van der Waals surface area contributed by atoms with Gasteiger partial charge in [0.05, 0.1) is 0 Å². The first-order chi connectivity index (χ1) is 21.7. The van der Waals surface area contributed by atoms with Gasteiger partial charge in [-0.25, -0.2) is 4.79 Å². The van der Waals surface area contributed by atoms with Crippen LogP contribution in [0.15, 0.2) is 0 Å². The molecule has 0 saturated carbocycles. The number of carboxylic acid groups (broad SMARTS) is 2. The molecule has 11 heteroatoms. The molecule has 0 aliphatic heterocycles. The summed E-state index contributed by atoms with van der Waals surface area (Å²) in [7, 11) is 0. The van der Waals surface area contributed by atoms with Crippen molar-refractivity contribution in [3.05, 3.63) is 0 Å². The Hall–Kier alpha value is -1.49. The number of nitrogens with zero attached hydrogens (tertiary/aromatic N) is 1. The van der Waals surface area contributed by atoms with Crippen molar-refractivity contribution in [2.75, 3.05) is 6.54 Å². The van der Waals surface area contributed by atoms with Crippen molar-refractivity contribution < 1.29 is 65.2 Å².